The van der Waals surface area contributed by atoms with Gasteiger partial charge in [0.1, 0.15) is 11.4 Å². The largest absolute Gasteiger partial charge is 0.376 e. The van der Waals surface area contributed by atoms with Crippen LogP contribution in [-0.2, 0) is 6.54 Å². The van der Waals surface area contributed by atoms with Crippen molar-refractivity contribution in [1.29, 1.82) is 0 Å². The van der Waals surface area contributed by atoms with Crippen molar-refractivity contribution in [2.24, 2.45) is 0 Å². The van der Waals surface area contributed by atoms with E-state index in [1.165, 1.54) is 0 Å². The molecule has 0 saturated carbocycles. The van der Waals surface area contributed by atoms with Crippen LogP contribution in [0.5, 0.6) is 0 Å². The van der Waals surface area contributed by atoms with Crippen LogP contribution in [0.25, 0.3) is 0 Å². The first-order valence-electron chi connectivity index (χ1n) is 7.06. The van der Waals surface area contributed by atoms with Crippen LogP contribution in [0.2, 0.25) is 0 Å². The summed E-state index contributed by atoms with van der Waals surface area (Å²) in [5.41, 5.74) is 1.28. The molecule has 3 rings (SSSR count). The lowest BCUT2D eigenvalue weighted by Gasteiger charge is -2.35. The maximum absolute atomic E-state index is 11.9. The molecule has 6 nitrogen and oxygen atoms in total. The fraction of sp³-hybridized carbons (Fsp3) is 0.400. The summed E-state index contributed by atoms with van der Waals surface area (Å²) >= 11 is 0. The fourth-order valence-electron chi connectivity index (χ4n) is 2.57. The predicted octanol–water partition coefficient (Wildman–Crippen LogP) is 0.0415. The SMILES string of the molecule is CN1CCN(c2c(NCc3ccncc3)c(=O)c2=O)CC1. The first-order chi connectivity index (χ1) is 10.2. The minimum Gasteiger partial charge on any atom is -0.376 e. The number of rotatable bonds is 4. The quantitative estimate of drug-likeness (QED) is 0.801. The summed E-state index contributed by atoms with van der Waals surface area (Å²) in [6, 6.07) is 3.77. The molecule has 2 aromatic rings. The summed E-state index contributed by atoms with van der Waals surface area (Å²) in [5, 5.41) is 3.10. The fourth-order valence-corrected chi connectivity index (χ4v) is 2.57. The van der Waals surface area contributed by atoms with E-state index >= 15 is 0 Å². The second-order valence-corrected chi connectivity index (χ2v) is 5.38. The van der Waals surface area contributed by atoms with Gasteiger partial charge in [-0.05, 0) is 24.7 Å². The molecule has 0 unspecified atom stereocenters. The molecule has 1 aromatic heterocycles. The Morgan fingerprint density at radius 3 is 2.43 bits per heavy atom. The lowest BCUT2D eigenvalue weighted by molar-refractivity contribution is 0.312. The molecule has 0 bridgehead atoms. The van der Waals surface area contributed by atoms with E-state index in [-0.39, 0.29) is 5.43 Å². The molecule has 0 radical (unpaired) electrons. The van der Waals surface area contributed by atoms with Crippen LogP contribution in [0.15, 0.2) is 34.1 Å². The molecule has 0 atom stereocenters. The van der Waals surface area contributed by atoms with Gasteiger partial charge < -0.3 is 15.1 Å². The Hall–Kier alpha value is -2.21. The summed E-state index contributed by atoms with van der Waals surface area (Å²) in [7, 11) is 2.06. The van der Waals surface area contributed by atoms with Crippen molar-refractivity contribution in [3.05, 3.63) is 50.5 Å². The normalized spacial score (nSPS) is 16.3. The zero-order valence-electron chi connectivity index (χ0n) is 12.0. The molecule has 1 saturated heterocycles. The van der Waals surface area contributed by atoms with E-state index in [1.54, 1.807) is 12.4 Å². The third-order valence-electron chi connectivity index (χ3n) is 3.92. The number of nitrogens with zero attached hydrogens (tertiary/aromatic N) is 3. The molecular formula is C15H18N4O2. The molecule has 110 valence electrons. The Bertz CT molecular complexity index is 683. The van der Waals surface area contributed by atoms with Gasteiger partial charge in [-0.15, -0.1) is 0 Å². The summed E-state index contributed by atoms with van der Waals surface area (Å²) in [6.07, 6.45) is 3.42. The Kier molecular flexibility index (Phi) is 3.70. The molecule has 1 N–H and O–H groups in total. The highest BCUT2D eigenvalue weighted by atomic mass is 16.2. The van der Waals surface area contributed by atoms with Crippen LogP contribution >= 0.6 is 0 Å². The van der Waals surface area contributed by atoms with Crippen LogP contribution in [0.1, 0.15) is 5.56 Å². The molecular weight excluding hydrogens is 268 g/mol. The molecule has 21 heavy (non-hydrogen) atoms. The van der Waals surface area contributed by atoms with Gasteiger partial charge in [0, 0.05) is 45.1 Å². The number of aromatic nitrogens is 1. The first kappa shape index (κ1) is 13.8. The number of hydrogen-bond acceptors (Lipinski definition) is 6. The van der Waals surface area contributed by atoms with Crippen molar-refractivity contribution in [2.75, 3.05) is 43.4 Å². The lowest BCUT2D eigenvalue weighted by atomic mass is 10.1. The summed E-state index contributed by atoms with van der Waals surface area (Å²) in [5.74, 6) is 0. The number of nitrogens with one attached hydrogen (secondary N) is 1. The van der Waals surface area contributed by atoms with Gasteiger partial charge in [0.15, 0.2) is 0 Å². The molecule has 2 heterocycles. The maximum Gasteiger partial charge on any atom is 0.253 e. The van der Waals surface area contributed by atoms with Crippen LogP contribution in [0, 0.1) is 0 Å². The zero-order valence-corrected chi connectivity index (χ0v) is 12.0. The third kappa shape index (κ3) is 2.67. The molecule has 0 spiro atoms. The summed E-state index contributed by atoms with van der Waals surface area (Å²) < 4.78 is 0. The highest BCUT2D eigenvalue weighted by molar-refractivity contribution is 5.75. The standard InChI is InChI=1S/C15H18N4O2/c1-18-6-8-19(9-7-18)13-12(14(20)15(13)21)17-10-11-2-4-16-5-3-11/h2-5,17H,6-10H2,1H3. The highest BCUT2D eigenvalue weighted by Crippen LogP contribution is 2.21. The van der Waals surface area contributed by atoms with Gasteiger partial charge in [-0.2, -0.15) is 0 Å². The third-order valence-corrected chi connectivity index (χ3v) is 3.92. The molecule has 1 aliphatic rings. The van der Waals surface area contributed by atoms with Gasteiger partial charge in [0.2, 0.25) is 0 Å². The number of likely N-dealkylation sites (N-methyl/N-ethyl adjacent to an activating group) is 1. The van der Waals surface area contributed by atoms with E-state index < -0.39 is 5.43 Å². The summed E-state index contributed by atoms with van der Waals surface area (Å²) in [4.78, 5) is 31.8. The number of hydrogen-bond donors (Lipinski definition) is 1. The monoisotopic (exact) mass is 286 g/mol. The van der Waals surface area contributed by atoms with Crippen LogP contribution in [0.4, 0.5) is 11.4 Å². The van der Waals surface area contributed by atoms with Crippen LogP contribution in [-0.4, -0.2) is 43.1 Å². The van der Waals surface area contributed by atoms with Gasteiger partial charge in [-0.1, -0.05) is 0 Å². The van der Waals surface area contributed by atoms with Gasteiger partial charge in [0.25, 0.3) is 10.9 Å². The average Bonchev–Trinajstić information content (AvgIpc) is 2.53. The topological polar surface area (TPSA) is 65.5 Å². The smallest absolute Gasteiger partial charge is 0.253 e. The van der Waals surface area contributed by atoms with E-state index in [0.717, 1.165) is 31.7 Å². The average molecular weight is 286 g/mol. The van der Waals surface area contributed by atoms with Crippen molar-refractivity contribution in [3.8, 4) is 0 Å². The van der Waals surface area contributed by atoms with E-state index in [1.807, 2.05) is 17.0 Å². The maximum atomic E-state index is 11.9. The van der Waals surface area contributed by atoms with Gasteiger partial charge >= 0.3 is 0 Å². The Balaban J connectivity index is 1.73. The molecule has 6 heteroatoms. The summed E-state index contributed by atoms with van der Waals surface area (Å²) in [6.45, 7) is 3.90. The number of anilines is 2. The Morgan fingerprint density at radius 1 is 1.10 bits per heavy atom. The van der Waals surface area contributed by atoms with E-state index in [2.05, 4.69) is 22.2 Å². The van der Waals surface area contributed by atoms with Crippen LogP contribution < -0.4 is 21.1 Å². The van der Waals surface area contributed by atoms with Gasteiger partial charge in [0.05, 0.1) is 0 Å². The van der Waals surface area contributed by atoms with E-state index in [9.17, 15) is 9.59 Å². The molecule has 0 amide bonds. The molecule has 1 aromatic carbocycles. The molecule has 0 aliphatic carbocycles. The first-order valence-corrected chi connectivity index (χ1v) is 7.06. The molecule has 1 aliphatic heterocycles. The van der Waals surface area contributed by atoms with Gasteiger partial charge in [-0.25, -0.2) is 0 Å². The van der Waals surface area contributed by atoms with Crippen LogP contribution in [0.3, 0.4) is 0 Å². The second kappa shape index (κ2) is 5.65. The number of piperazine rings is 1. The van der Waals surface area contributed by atoms with Crippen molar-refractivity contribution in [2.45, 2.75) is 6.54 Å². The van der Waals surface area contributed by atoms with Crippen molar-refractivity contribution in [1.82, 2.24) is 9.88 Å². The van der Waals surface area contributed by atoms with E-state index in [0.29, 0.717) is 17.9 Å². The number of pyridine rings is 1. The molecule has 1 fully saturated rings. The van der Waals surface area contributed by atoms with Crippen molar-refractivity contribution in [3.63, 3.8) is 0 Å². The predicted molar refractivity (Wildman–Crippen MR) is 82.6 cm³/mol. The van der Waals surface area contributed by atoms with Gasteiger partial charge in [-0.3, -0.25) is 14.6 Å². The minimum atomic E-state index is -0.405. The van der Waals surface area contributed by atoms with Crippen molar-refractivity contribution < 1.29 is 0 Å². The van der Waals surface area contributed by atoms with E-state index in [4.69, 9.17) is 0 Å². The Morgan fingerprint density at radius 2 is 1.76 bits per heavy atom. The lowest BCUT2D eigenvalue weighted by Crippen LogP contribution is -2.50. The zero-order chi connectivity index (χ0) is 14.8. The highest BCUT2D eigenvalue weighted by Gasteiger charge is 2.27. The Labute approximate surface area is 122 Å². The van der Waals surface area contributed by atoms with Crippen molar-refractivity contribution >= 4 is 11.4 Å². The second-order valence-electron chi connectivity index (χ2n) is 5.38. The minimum absolute atomic E-state index is 0.364.